The molecule has 3 heteroatoms. The van der Waals surface area contributed by atoms with E-state index in [0.29, 0.717) is 12.0 Å². The maximum atomic E-state index is 11.6. The van der Waals surface area contributed by atoms with Gasteiger partial charge < -0.3 is 9.84 Å². The van der Waals surface area contributed by atoms with Crippen molar-refractivity contribution >= 4 is 5.97 Å². The first-order chi connectivity index (χ1) is 8.37. The number of rotatable bonds is 0. The van der Waals surface area contributed by atoms with Gasteiger partial charge in [0.05, 0.1) is 5.60 Å². The van der Waals surface area contributed by atoms with Crippen LogP contribution in [0.25, 0.3) is 0 Å². The highest BCUT2D eigenvalue weighted by molar-refractivity contribution is 5.91. The van der Waals surface area contributed by atoms with E-state index in [1.807, 2.05) is 0 Å². The molecule has 1 N–H and O–H groups in total. The number of carbonyl (C=O) groups is 1. The molecule has 0 spiro atoms. The summed E-state index contributed by atoms with van der Waals surface area (Å²) in [7, 11) is 0. The van der Waals surface area contributed by atoms with Gasteiger partial charge in [-0.1, -0.05) is 20.1 Å². The van der Waals surface area contributed by atoms with Crippen molar-refractivity contribution in [3.8, 4) is 0 Å². The van der Waals surface area contributed by atoms with Gasteiger partial charge >= 0.3 is 5.97 Å². The van der Waals surface area contributed by atoms with Crippen LogP contribution in [0.4, 0.5) is 0 Å². The van der Waals surface area contributed by atoms with Gasteiger partial charge in [-0.25, -0.2) is 4.79 Å². The van der Waals surface area contributed by atoms with Crippen molar-refractivity contribution in [3.63, 3.8) is 0 Å². The first kappa shape index (κ1) is 12.0. The topological polar surface area (TPSA) is 46.5 Å². The molecule has 98 valence electrons. The van der Waals surface area contributed by atoms with E-state index >= 15 is 0 Å². The fourth-order valence-electron chi connectivity index (χ4n) is 4.07. The van der Waals surface area contributed by atoms with Gasteiger partial charge in [0.25, 0.3) is 0 Å². The first-order valence-electron chi connectivity index (χ1n) is 6.68. The van der Waals surface area contributed by atoms with Crippen LogP contribution in [-0.4, -0.2) is 22.8 Å². The van der Waals surface area contributed by atoms with Crippen molar-refractivity contribution in [2.45, 2.75) is 50.7 Å². The van der Waals surface area contributed by atoms with Crippen molar-refractivity contribution < 1.29 is 14.6 Å². The molecule has 18 heavy (non-hydrogen) atoms. The fourth-order valence-corrected chi connectivity index (χ4v) is 4.07. The third-order valence-corrected chi connectivity index (χ3v) is 5.37. The second-order valence-corrected chi connectivity index (χ2v) is 6.36. The molecular formula is C15H20O3. The minimum Gasteiger partial charge on any atom is -0.458 e. The van der Waals surface area contributed by atoms with Crippen LogP contribution in [0.2, 0.25) is 0 Å². The van der Waals surface area contributed by atoms with Gasteiger partial charge in [-0.05, 0) is 37.7 Å². The van der Waals surface area contributed by atoms with Crippen molar-refractivity contribution in [3.05, 3.63) is 24.3 Å². The van der Waals surface area contributed by atoms with Crippen molar-refractivity contribution in [1.29, 1.82) is 0 Å². The first-order valence-corrected chi connectivity index (χ1v) is 6.68. The van der Waals surface area contributed by atoms with E-state index in [-0.39, 0.29) is 23.4 Å². The monoisotopic (exact) mass is 248 g/mol. The highest BCUT2D eigenvalue weighted by atomic mass is 16.6. The van der Waals surface area contributed by atoms with Crippen LogP contribution in [0.5, 0.6) is 0 Å². The predicted molar refractivity (Wildman–Crippen MR) is 67.8 cm³/mol. The smallest absolute Gasteiger partial charge is 0.334 e. The summed E-state index contributed by atoms with van der Waals surface area (Å²) < 4.78 is 5.39. The van der Waals surface area contributed by atoms with E-state index in [0.717, 1.165) is 31.3 Å². The van der Waals surface area contributed by atoms with E-state index in [2.05, 4.69) is 20.1 Å². The van der Waals surface area contributed by atoms with E-state index in [9.17, 15) is 9.90 Å². The quantitative estimate of drug-likeness (QED) is 0.406. The lowest BCUT2D eigenvalue weighted by Gasteiger charge is -2.55. The number of hydrogen-bond acceptors (Lipinski definition) is 3. The van der Waals surface area contributed by atoms with Crippen molar-refractivity contribution in [2.75, 3.05) is 0 Å². The predicted octanol–water partition coefficient (Wildman–Crippen LogP) is 2.36. The fraction of sp³-hybridized carbons (Fsp3) is 0.667. The van der Waals surface area contributed by atoms with E-state index < -0.39 is 5.60 Å². The molecule has 3 rings (SSSR count). The number of hydrogen-bond donors (Lipinski definition) is 1. The number of aliphatic hydroxyl groups is 1. The number of ether oxygens (including phenoxy) is 1. The number of fused-ring (bicyclic) bond motifs is 2. The van der Waals surface area contributed by atoms with Crippen molar-refractivity contribution in [1.82, 2.24) is 0 Å². The number of carbonyl (C=O) groups excluding carboxylic acids is 1. The van der Waals surface area contributed by atoms with Gasteiger partial charge in [0.1, 0.15) is 6.10 Å². The third kappa shape index (κ3) is 1.31. The molecule has 4 atom stereocenters. The maximum absolute atomic E-state index is 11.6. The molecule has 0 amide bonds. The Morgan fingerprint density at radius 3 is 2.83 bits per heavy atom. The average molecular weight is 248 g/mol. The molecule has 3 fully saturated rings. The Morgan fingerprint density at radius 1 is 1.39 bits per heavy atom. The Kier molecular flexibility index (Phi) is 2.31. The van der Waals surface area contributed by atoms with Gasteiger partial charge in [0.2, 0.25) is 0 Å². The van der Waals surface area contributed by atoms with Crippen LogP contribution in [0.1, 0.15) is 39.0 Å². The minimum absolute atomic E-state index is 0.0366. The minimum atomic E-state index is -0.858. The molecule has 2 aliphatic carbocycles. The normalized spacial score (nSPS) is 47.6. The Balaban J connectivity index is 2.00. The molecule has 1 aliphatic heterocycles. The van der Waals surface area contributed by atoms with Crippen LogP contribution in [-0.2, 0) is 9.53 Å². The third-order valence-electron chi connectivity index (χ3n) is 5.37. The lowest BCUT2D eigenvalue weighted by Crippen LogP contribution is -2.57. The lowest BCUT2D eigenvalue weighted by molar-refractivity contribution is -0.155. The molecule has 0 radical (unpaired) electrons. The summed E-state index contributed by atoms with van der Waals surface area (Å²) in [5, 5.41) is 11.1. The molecule has 1 heterocycles. The van der Waals surface area contributed by atoms with Crippen LogP contribution < -0.4 is 0 Å². The summed E-state index contributed by atoms with van der Waals surface area (Å²) in [5.74, 6) is -0.327. The lowest BCUT2D eigenvalue weighted by atomic mass is 9.53. The van der Waals surface area contributed by atoms with Gasteiger partial charge in [-0.2, -0.15) is 0 Å². The summed E-state index contributed by atoms with van der Waals surface area (Å²) >= 11 is 0. The second kappa shape index (κ2) is 3.47. The Bertz CT molecular complexity index is 453. The summed E-state index contributed by atoms with van der Waals surface area (Å²) in [6.45, 7) is 9.99. The molecule has 1 saturated heterocycles. The molecule has 0 aromatic rings. The standard InChI is InChI=1S/C15H20O3/c1-9-5-4-6-14(3)8-12-11(7-15(9,14)17)10(2)13(16)18-12/h11-12,17H,1-2,4-8H2,3H3/t11-,12-,14-,15+/m1/s1. The highest BCUT2D eigenvalue weighted by Gasteiger charge is 2.60. The second-order valence-electron chi connectivity index (χ2n) is 6.36. The zero-order valence-corrected chi connectivity index (χ0v) is 10.9. The molecule has 0 bridgehead atoms. The van der Waals surface area contributed by atoms with Gasteiger partial charge in [-0.3, -0.25) is 0 Å². The van der Waals surface area contributed by atoms with Crippen molar-refractivity contribution in [2.24, 2.45) is 11.3 Å². The Hall–Kier alpha value is -1.09. The summed E-state index contributed by atoms with van der Waals surface area (Å²) in [4.78, 5) is 11.6. The maximum Gasteiger partial charge on any atom is 0.334 e. The largest absolute Gasteiger partial charge is 0.458 e. The van der Waals surface area contributed by atoms with E-state index in [4.69, 9.17) is 4.74 Å². The summed E-state index contributed by atoms with van der Waals surface area (Å²) in [5.41, 5.74) is 0.369. The summed E-state index contributed by atoms with van der Waals surface area (Å²) in [6, 6.07) is 0. The highest BCUT2D eigenvalue weighted by Crippen LogP contribution is 2.58. The molecule has 0 unspecified atom stereocenters. The summed E-state index contributed by atoms with van der Waals surface area (Å²) in [6.07, 6.45) is 4.07. The molecule has 2 saturated carbocycles. The average Bonchev–Trinajstić information content (AvgIpc) is 2.55. The zero-order valence-electron chi connectivity index (χ0n) is 10.9. The van der Waals surface area contributed by atoms with Gasteiger partial charge in [-0.15, -0.1) is 0 Å². The van der Waals surface area contributed by atoms with E-state index in [1.165, 1.54) is 0 Å². The zero-order chi connectivity index (χ0) is 13.1. The van der Waals surface area contributed by atoms with Crippen LogP contribution in [0, 0.1) is 11.3 Å². The van der Waals surface area contributed by atoms with Crippen LogP contribution in [0.15, 0.2) is 24.3 Å². The number of esters is 1. The molecule has 3 nitrogen and oxygen atoms in total. The molecular weight excluding hydrogens is 228 g/mol. The Labute approximate surface area is 108 Å². The molecule has 0 aromatic carbocycles. The molecule has 0 aromatic heterocycles. The van der Waals surface area contributed by atoms with Gasteiger partial charge in [0, 0.05) is 16.9 Å². The SMILES string of the molecule is C=C1C(=O)O[C@@H]2C[C@@]3(C)CCCC(=C)[C@@]3(O)C[C@H]12. The van der Waals surface area contributed by atoms with E-state index in [1.54, 1.807) is 0 Å². The Morgan fingerprint density at radius 2 is 2.11 bits per heavy atom. The van der Waals surface area contributed by atoms with Crippen LogP contribution in [0.3, 0.4) is 0 Å². The van der Waals surface area contributed by atoms with Gasteiger partial charge in [0.15, 0.2) is 0 Å². The molecule has 3 aliphatic rings. The van der Waals surface area contributed by atoms with Crippen LogP contribution >= 0.6 is 0 Å².